The lowest BCUT2D eigenvalue weighted by atomic mass is 10.2. The van der Waals surface area contributed by atoms with Crippen LogP contribution in [0.3, 0.4) is 0 Å². The fourth-order valence-electron chi connectivity index (χ4n) is 1.41. The molecule has 1 aromatic carbocycles. The Hall–Kier alpha value is -2.44. The van der Waals surface area contributed by atoms with Gasteiger partial charge >= 0.3 is 5.69 Å². The molecule has 1 rings (SSSR count). The molecule has 0 aliphatic rings. The Morgan fingerprint density at radius 2 is 2.16 bits per heavy atom. The van der Waals surface area contributed by atoms with Gasteiger partial charge in [0.15, 0.2) is 11.6 Å². The first kappa shape index (κ1) is 14.6. The van der Waals surface area contributed by atoms with Crippen molar-refractivity contribution < 1.29 is 19.2 Å². The van der Waals surface area contributed by atoms with E-state index < -0.39 is 10.8 Å². The van der Waals surface area contributed by atoms with Crippen molar-refractivity contribution in [2.24, 2.45) is 4.99 Å². The first-order valence-electron chi connectivity index (χ1n) is 5.54. The zero-order valence-corrected chi connectivity index (χ0v) is 10.9. The monoisotopic (exact) mass is 266 g/mol. The smallest absolute Gasteiger partial charge is 0.310 e. The summed E-state index contributed by atoms with van der Waals surface area (Å²) in [5, 5.41) is 10.7. The Kier molecular flexibility index (Phi) is 4.99. The zero-order chi connectivity index (χ0) is 14.4. The van der Waals surface area contributed by atoms with Crippen LogP contribution < -0.4 is 4.74 Å². The van der Waals surface area contributed by atoms with Gasteiger partial charge in [0, 0.05) is 24.6 Å². The standard InChI is InChI=1S/C12H14N2O5/c1-4-19-8(2)13-12(15)9-5-6-10(14(16)17)11(7-9)18-3/h5-7H,4H2,1-3H3. The number of methoxy groups -OCH3 is 1. The number of nitro benzene ring substituents is 1. The van der Waals surface area contributed by atoms with Crippen LogP contribution in [0.1, 0.15) is 24.2 Å². The molecule has 0 radical (unpaired) electrons. The minimum atomic E-state index is -0.582. The van der Waals surface area contributed by atoms with E-state index in [9.17, 15) is 14.9 Å². The Labute approximate surface area is 110 Å². The van der Waals surface area contributed by atoms with E-state index in [1.54, 1.807) is 13.8 Å². The van der Waals surface area contributed by atoms with E-state index in [0.717, 1.165) is 0 Å². The zero-order valence-electron chi connectivity index (χ0n) is 10.9. The summed E-state index contributed by atoms with van der Waals surface area (Å²) in [5.74, 6) is -0.288. The number of hydrogen-bond acceptors (Lipinski definition) is 5. The van der Waals surface area contributed by atoms with Crippen LogP contribution in [0.25, 0.3) is 0 Å². The lowest BCUT2D eigenvalue weighted by Crippen LogP contribution is -2.05. The maximum absolute atomic E-state index is 11.8. The molecule has 0 aliphatic heterocycles. The number of nitrogens with zero attached hydrogens (tertiary/aromatic N) is 2. The van der Waals surface area contributed by atoms with E-state index >= 15 is 0 Å². The number of rotatable bonds is 4. The topological polar surface area (TPSA) is 91.0 Å². The van der Waals surface area contributed by atoms with Crippen LogP contribution in [0, 0.1) is 10.1 Å². The van der Waals surface area contributed by atoms with Crippen molar-refractivity contribution in [3.8, 4) is 5.75 Å². The Balaban J connectivity index is 3.06. The molecule has 0 atom stereocenters. The summed E-state index contributed by atoms with van der Waals surface area (Å²) in [7, 11) is 1.30. The first-order valence-corrected chi connectivity index (χ1v) is 5.54. The van der Waals surface area contributed by atoms with Crippen LogP contribution in [0.15, 0.2) is 23.2 Å². The Bertz CT molecular complexity index is 525. The highest BCUT2D eigenvalue weighted by Gasteiger charge is 2.17. The highest BCUT2D eigenvalue weighted by molar-refractivity contribution is 6.01. The van der Waals surface area contributed by atoms with E-state index in [1.807, 2.05) is 0 Å². The largest absolute Gasteiger partial charge is 0.490 e. The molecular formula is C12H14N2O5. The second-order valence-electron chi connectivity index (χ2n) is 3.51. The molecule has 0 unspecified atom stereocenters. The quantitative estimate of drug-likeness (QED) is 0.360. The molecule has 0 N–H and O–H groups in total. The number of nitro groups is 1. The number of carbonyl (C=O) groups excluding carboxylic acids is 1. The molecule has 102 valence electrons. The molecule has 0 bridgehead atoms. The van der Waals surface area contributed by atoms with Crippen molar-refractivity contribution in [3.63, 3.8) is 0 Å². The number of benzene rings is 1. The molecular weight excluding hydrogens is 252 g/mol. The molecule has 7 heteroatoms. The second kappa shape index (κ2) is 6.48. The van der Waals surface area contributed by atoms with Gasteiger partial charge < -0.3 is 9.47 Å². The van der Waals surface area contributed by atoms with Gasteiger partial charge in [0.1, 0.15) is 0 Å². The average molecular weight is 266 g/mol. The lowest BCUT2D eigenvalue weighted by molar-refractivity contribution is -0.385. The highest BCUT2D eigenvalue weighted by atomic mass is 16.6. The molecule has 0 fully saturated rings. The van der Waals surface area contributed by atoms with Crippen LogP contribution in [-0.4, -0.2) is 30.4 Å². The van der Waals surface area contributed by atoms with Gasteiger partial charge in [-0.3, -0.25) is 14.9 Å². The summed E-state index contributed by atoms with van der Waals surface area (Å²) in [4.78, 5) is 25.6. The van der Waals surface area contributed by atoms with Crippen molar-refractivity contribution in [3.05, 3.63) is 33.9 Å². The van der Waals surface area contributed by atoms with Gasteiger partial charge in [0.05, 0.1) is 18.6 Å². The third kappa shape index (κ3) is 3.77. The normalized spacial score (nSPS) is 11.0. The molecule has 7 nitrogen and oxygen atoms in total. The average Bonchev–Trinajstić information content (AvgIpc) is 2.37. The van der Waals surface area contributed by atoms with Crippen LogP contribution in [0.5, 0.6) is 5.75 Å². The maximum atomic E-state index is 11.8. The molecule has 0 saturated heterocycles. The van der Waals surface area contributed by atoms with Gasteiger partial charge in [-0.2, -0.15) is 4.99 Å². The predicted molar refractivity (Wildman–Crippen MR) is 68.7 cm³/mol. The van der Waals surface area contributed by atoms with Crippen LogP contribution in [-0.2, 0) is 4.74 Å². The summed E-state index contributed by atoms with van der Waals surface area (Å²) >= 11 is 0. The fraction of sp³-hybridized carbons (Fsp3) is 0.333. The number of ether oxygens (including phenoxy) is 2. The first-order chi connectivity index (χ1) is 8.99. The third-order valence-corrected chi connectivity index (χ3v) is 2.24. The second-order valence-corrected chi connectivity index (χ2v) is 3.51. The maximum Gasteiger partial charge on any atom is 0.310 e. The van der Waals surface area contributed by atoms with Crippen molar-refractivity contribution in [1.29, 1.82) is 0 Å². The molecule has 1 amide bonds. The van der Waals surface area contributed by atoms with E-state index in [4.69, 9.17) is 9.47 Å². The number of amides is 1. The summed E-state index contributed by atoms with van der Waals surface area (Å²) in [6, 6.07) is 3.81. The van der Waals surface area contributed by atoms with E-state index in [0.29, 0.717) is 6.61 Å². The minimum absolute atomic E-state index is 0.0140. The van der Waals surface area contributed by atoms with Crippen molar-refractivity contribution in [2.75, 3.05) is 13.7 Å². The van der Waals surface area contributed by atoms with Gasteiger partial charge in [0.25, 0.3) is 5.91 Å². The molecule has 0 saturated carbocycles. The molecule has 0 spiro atoms. The summed E-state index contributed by atoms with van der Waals surface area (Å²) in [6.07, 6.45) is 0. The van der Waals surface area contributed by atoms with Gasteiger partial charge in [-0.1, -0.05) is 0 Å². The Morgan fingerprint density at radius 3 is 2.68 bits per heavy atom. The third-order valence-electron chi connectivity index (χ3n) is 2.24. The minimum Gasteiger partial charge on any atom is -0.490 e. The summed E-state index contributed by atoms with van der Waals surface area (Å²) < 4.78 is 9.92. The van der Waals surface area contributed by atoms with Crippen molar-refractivity contribution in [2.45, 2.75) is 13.8 Å². The number of hydrogen-bond donors (Lipinski definition) is 0. The molecule has 0 aliphatic carbocycles. The molecule has 19 heavy (non-hydrogen) atoms. The van der Waals surface area contributed by atoms with Gasteiger partial charge in [0.2, 0.25) is 0 Å². The van der Waals surface area contributed by atoms with E-state index in [2.05, 4.69) is 4.99 Å². The van der Waals surface area contributed by atoms with Gasteiger partial charge in [-0.15, -0.1) is 0 Å². The van der Waals surface area contributed by atoms with Crippen molar-refractivity contribution in [1.82, 2.24) is 0 Å². The summed E-state index contributed by atoms with van der Waals surface area (Å²) in [5.41, 5.74) is -0.00828. The predicted octanol–water partition coefficient (Wildman–Crippen LogP) is 2.20. The number of carbonyl (C=O) groups is 1. The molecule has 0 heterocycles. The van der Waals surface area contributed by atoms with Gasteiger partial charge in [-0.25, -0.2) is 0 Å². The Morgan fingerprint density at radius 1 is 1.47 bits per heavy atom. The van der Waals surface area contributed by atoms with E-state index in [-0.39, 0.29) is 22.9 Å². The highest BCUT2D eigenvalue weighted by Crippen LogP contribution is 2.27. The lowest BCUT2D eigenvalue weighted by Gasteiger charge is -2.04. The fourth-order valence-corrected chi connectivity index (χ4v) is 1.41. The van der Waals surface area contributed by atoms with Crippen LogP contribution >= 0.6 is 0 Å². The molecule has 1 aromatic rings. The SMILES string of the molecule is CCOC(C)=NC(=O)c1ccc([N+](=O)[O-])c(OC)c1. The van der Waals surface area contributed by atoms with E-state index in [1.165, 1.54) is 25.3 Å². The molecule has 0 aromatic heterocycles. The number of aliphatic imine (C=N–C) groups is 1. The van der Waals surface area contributed by atoms with Crippen LogP contribution in [0.2, 0.25) is 0 Å². The van der Waals surface area contributed by atoms with Crippen LogP contribution in [0.4, 0.5) is 5.69 Å². The summed E-state index contributed by atoms with van der Waals surface area (Å²) in [6.45, 7) is 3.74. The van der Waals surface area contributed by atoms with Crippen molar-refractivity contribution >= 4 is 17.5 Å². The van der Waals surface area contributed by atoms with Gasteiger partial charge in [-0.05, 0) is 13.0 Å².